The first kappa shape index (κ1) is 16.7. The van der Waals surface area contributed by atoms with Crippen LogP contribution in [0, 0.1) is 5.92 Å². The van der Waals surface area contributed by atoms with Gasteiger partial charge in [0, 0.05) is 30.6 Å². The number of hydrogen-bond acceptors (Lipinski definition) is 3. The van der Waals surface area contributed by atoms with Crippen LogP contribution in [0.2, 0.25) is 5.02 Å². The Morgan fingerprint density at radius 3 is 2.35 bits per heavy atom. The fourth-order valence-electron chi connectivity index (χ4n) is 3.59. The van der Waals surface area contributed by atoms with Gasteiger partial charge in [0.2, 0.25) is 5.91 Å². The summed E-state index contributed by atoms with van der Waals surface area (Å²) in [7, 11) is 0. The molecular weight excluding hydrogens is 312 g/mol. The van der Waals surface area contributed by atoms with Crippen LogP contribution in [0.25, 0.3) is 0 Å². The van der Waals surface area contributed by atoms with Crippen molar-refractivity contribution in [3.63, 3.8) is 0 Å². The number of benzene rings is 1. The Hall–Kier alpha value is -1.10. The lowest BCUT2D eigenvalue weighted by Gasteiger charge is -2.34. The molecule has 23 heavy (non-hydrogen) atoms. The largest absolute Gasteiger partial charge is 0.387 e. The molecule has 0 saturated carbocycles. The lowest BCUT2D eigenvalue weighted by Crippen LogP contribution is -2.42. The molecule has 0 spiro atoms. The predicted molar refractivity (Wildman–Crippen MR) is 91.4 cm³/mol. The molecule has 0 radical (unpaired) electrons. The maximum atomic E-state index is 12.4. The number of aliphatic hydroxyl groups excluding tert-OH is 1. The minimum absolute atomic E-state index is 0.178. The Morgan fingerprint density at radius 1 is 1.13 bits per heavy atom. The average molecular weight is 337 g/mol. The average Bonchev–Trinajstić information content (AvgIpc) is 3.10. The monoisotopic (exact) mass is 336 g/mol. The summed E-state index contributed by atoms with van der Waals surface area (Å²) in [6.45, 7) is 4.26. The second-order valence-electron chi connectivity index (χ2n) is 6.67. The van der Waals surface area contributed by atoms with Gasteiger partial charge in [-0.2, -0.15) is 0 Å². The number of aliphatic hydroxyl groups is 1. The number of rotatable bonds is 4. The van der Waals surface area contributed by atoms with Crippen LogP contribution in [-0.4, -0.2) is 53.5 Å². The standard InChI is InChI=1S/C18H25ClN2O2/c19-16-5-3-14(4-6-16)17(22)13-20-11-7-15(8-12-20)18(23)21-9-1-2-10-21/h3-6,15,17,22H,1-2,7-13H2. The number of carbonyl (C=O) groups is 1. The van der Waals surface area contributed by atoms with E-state index in [4.69, 9.17) is 11.6 Å². The van der Waals surface area contributed by atoms with Gasteiger partial charge in [0.25, 0.3) is 0 Å². The Morgan fingerprint density at radius 2 is 1.74 bits per heavy atom. The van der Waals surface area contributed by atoms with E-state index in [0.717, 1.165) is 57.4 Å². The van der Waals surface area contributed by atoms with Gasteiger partial charge in [-0.3, -0.25) is 4.79 Å². The maximum absolute atomic E-state index is 12.4. The first-order valence-electron chi connectivity index (χ1n) is 8.58. The minimum atomic E-state index is -0.502. The first-order valence-corrected chi connectivity index (χ1v) is 8.96. The lowest BCUT2D eigenvalue weighted by molar-refractivity contribution is -0.136. The van der Waals surface area contributed by atoms with E-state index in [9.17, 15) is 9.90 Å². The number of halogens is 1. The zero-order chi connectivity index (χ0) is 16.2. The molecule has 0 aliphatic carbocycles. The topological polar surface area (TPSA) is 43.8 Å². The molecular formula is C18H25ClN2O2. The number of nitrogens with zero attached hydrogens (tertiary/aromatic N) is 2. The molecule has 1 unspecified atom stereocenters. The van der Waals surface area contributed by atoms with Crippen molar-refractivity contribution in [3.05, 3.63) is 34.9 Å². The van der Waals surface area contributed by atoms with Crippen LogP contribution < -0.4 is 0 Å². The van der Waals surface area contributed by atoms with Crippen molar-refractivity contribution in [2.75, 3.05) is 32.7 Å². The normalized spacial score (nSPS) is 21.6. The smallest absolute Gasteiger partial charge is 0.225 e. The Labute approximate surface area is 143 Å². The molecule has 2 saturated heterocycles. The van der Waals surface area contributed by atoms with Crippen molar-refractivity contribution >= 4 is 17.5 Å². The summed E-state index contributed by atoms with van der Waals surface area (Å²) < 4.78 is 0. The number of amides is 1. The predicted octanol–water partition coefficient (Wildman–Crippen LogP) is 2.71. The Kier molecular flexibility index (Phi) is 5.57. The minimum Gasteiger partial charge on any atom is -0.387 e. The zero-order valence-corrected chi connectivity index (χ0v) is 14.2. The highest BCUT2D eigenvalue weighted by Crippen LogP contribution is 2.24. The number of carbonyl (C=O) groups excluding carboxylic acids is 1. The summed E-state index contributed by atoms with van der Waals surface area (Å²) >= 11 is 5.88. The highest BCUT2D eigenvalue weighted by molar-refractivity contribution is 6.30. The molecule has 0 aromatic heterocycles. The van der Waals surface area contributed by atoms with Crippen molar-refractivity contribution in [1.29, 1.82) is 0 Å². The van der Waals surface area contributed by atoms with E-state index in [1.54, 1.807) is 12.1 Å². The highest BCUT2D eigenvalue weighted by atomic mass is 35.5. The maximum Gasteiger partial charge on any atom is 0.225 e. The molecule has 1 amide bonds. The molecule has 1 N–H and O–H groups in total. The van der Waals surface area contributed by atoms with E-state index in [1.807, 2.05) is 17.0 Å². The van der Waals surface area contributed by atoms with E-state index in [2.05, 4.69) is 4.90 Å². The second kappa shape index (κ2) is 7.65. The Bertz CT molecular complexity index is 520. The van der Waals surface area contributed by atoms with Crippen LogP contribution in [0.15, 0.2) is 24.3 Å². The molecule has 2 fully saturated rings. The molecule has 1 atom stereocenters. The number of hydrogen-bond donors (Lipinski definition) is 1. The summed E-state index contributed by atoms with van der Waals surface area (Å²) in [5.41, 5.74) is 0.893. The van der Waals surface area contributed by atoms with Gasteiger partial charge < -0.3 is 14.9 Å². The second-order valence-corrected chi connectivity index (χ2v) is 7.11. The van der Waals surface area contributed by atoms with Crippen LogP contribution in [0.4, 0.5) is 0 Å². The van der Waals surface area contributed by atoms with Crippen molar-refractivity contribution in [1.82, 2.24) is 9.80 Å². The van der Waals surface area contributed by atoms with Crippen molar-refractivity contribution < 1.29 is 9.90 Å². The van der Waals surface area contributed by atoms with E-state index in [-0.39, 0.29) is 5.92 Å². The van der Waals surface area contributed by atoms with E-state index in [1.165, 1.54) is 0 Å². The summed E-state index contributed by atoms with van der Waals surface area (Å²) in [4.78, 5) is 16.7. The van der Waals surface area contributed by atoms with Crippen molar-refractivity contribution in [2.24, 2.45) is 5.92 Å². The van der Waals surface area contributed by atoms with Crippen LogP contribution in [0.5, 0.6) is 0 Å². The summed E-state index contributed by atoms with van der Waals surface area (Å²) in [6.07, 6.45) is 3.61. The summed E-state index contributed by atoms with van der Waals surface area (Å²) in [6, 6.07) is 7.36. The van der Waals surface area contributed by atoms with Gasteiger partial charge in [-0.1, -0.05) is 23.7 Å². The van der Waals surface area contributed by atoms with Crippen LogP contribution in [0.1, 0.15) is 37.4 Å². The Balaban J connectivity index is 1.47. The third kappa shape index (κ3) is 4.25. The first-order chi connectivity index (χ1) is 11.1. The van der Waals surface area contributed by atoms with Crippen LogP contribution in [-0.2, 0) is 4.79 Å². The molecule has 4 nitrogen and oxygen atoms in total. The molecule has 0 bridgehead atoms. The quantitative estimate of drug-likeness (QED) is 0.919. The fourth-order valence-corrected chi connectivity index (χ4v) is 3.72. The van der Waals surface area contributed by atoms with Gasteiger partial charge >= 0.3 is 0 Å². The molecule has 3 rings (SSSR count). The van der Waals surface area contributed by atoms with Gasteiger partial charge in [-0.25, -0.2) is 0 Å². The van der Waals surface area contributed by atoms with Gasteiger partial charge in [0.1, 0.15) is 0 Å². The van der Waals surface area contributed by atoms with Gasteiger partial charge in [0.15, 0.2) is 0 Å². The van der Waals surface area contributed by atoms with Crippen LogP contribution in [0.3, 0.4) is 0 Å². The van der Waals surface area contributed by atoms with Gasteiger partial charge in [-0.15, -0.1) is 0 Å². The zero-order valence-electron chi connectivity index (χ0n) is 13.5. The van der Waals surface area contributed by atoms with E-state index < -0.39 is 6.10 Å². The SMILES string of the molecule is O=C(C1CCN(CC(O)c2ccc(Cl)cc2)CC1)N1CCCC1. The van der Waals surface area contributed by atoms with Crippen molar-refractivity contribution in [2.45, 2.75) is 31.8 Å². The molecule has 1 aromatic carbocycles. The third-order valence-electron chi connectivity index (χ3n) is 5.04. The van der Waals surface area contributed by atoms with Gasteiger partial charge in [-0.05, 0) is 56.5 Å². The summed E-state index contributed by atoms with van der Waals surface area (Å²) in [5.74, 6) is 0.525. The molecule has 1 aromatic rings. The number of likely N-dealkylation sites (tertiary alicyclic amines) is 2. The van der Waals surface area contributed by atoms with E-state index in [0.29, 0.717) is 17.5 Å². The number of β-amino-alcohol motifs (C(OH)–C–C–N with tert-alkyl or cyclic N) is 1. The van der Waals surface area contributed by atoms with Crippen molar-refractivity contribution in [3.8, 4) is 0 Å². The molecule has 2 heterocycles. The highest BCUT2D eigenvalue weighted by Gasteiger charge is 2.30. The lowest BCUT2D eigenvalue weighted by atomic mass is 9.95. The third-order valence-corrected chi connectivity index (χ3v) is 5.29. The molecule has 126 valence electrons. The molecule has 2 aliphatic rings. The van der Waals surface area contributed by atoms with E-state index >= 15 is 0 Å². The fraction of sp³-hybridized carbons (Fsp3) is 0.611. The molecule has 5 heteroatoms. The van der Waals surface area contributed by atoms with Gasteiger partial charge in [0.05, 0.1) is 6.10 Å². The molecule has 2 aliphatic heterocycles. The summed E-state index contributed by atoms with van der Waals surface area (Å²) in [5, 5.41) is 11.0. The number of piperidine rings is 1. The van der Waals surface area contributed by atoms with Crippen LogP contribution >= 0.6 is 11.6 Å².